The SMILES string of the molecule is O=C(OC1CCNCC1)C(c1ccccc1)c1ccccc1. The number of hydrogen-bond acceptors (Lipinski definition) is 3. The monoisotopic (exact) mass is 295 g/mol. The third-order valence-corrected chi connectivity index (χ3v) is 4.07. The minimum absolute atomic E-state index is 0.0312. The molecule has 0 aliphatic carbocycles. The molecule has 0 atom stereocenters. The van der Waals surface area contributed by atoms with E-state index >= 15 is 0 Å². The number of esters is 1. The van der Waals surface area contributed by atoms with Gasteiger partial charge in [-0.3, -0.25) is 4.79 Å². The first-order valence-electron chi connectivity index (χ1n) is 7.85. The second-order valence-electron chi connectivity index (χ2n) is 5.64. The lowest BCUT2D eigenvalue weighted by molar-refractivity contribution is -0.151. The Morgan fingerprint density at radius 1 is 0.909 bits per heavy atom. The fourth-order valence-electron chi connectivity index (χ4n) is 2.90. The van der Waals surface area contributed by atoms with Crippen LogP contribution in [0.1, 0.15) is 29.9 Å². The molecular formula is C19H21NO2. The van der Waals surface area contributed by atoms with Gasteiger partial charge in [-0.1, -0.05) is 60.7 Å². The zero-order chi connectivity index (χ0) is 15.2. The van der Waals surface area contributed by atoms with Gasteiger partial charge < -0.3 is 10.1 Å². The van der Waals surface area contributed by atoms with Crippen molar-refractivity contribution in [3.05, 3.63) is 71.8 Å². The summed E-state index contributed by atoms with van der Waals surface area (Å²) in [5.41, 5.74) is 1.96. The van der Waals surface area contributed by atoms with Crippen LogP contribution in [-0.2, 0) is 9.53 Å². The molecule has 1 saturated heterocycles. The van der Waals surface area contributed by atoms with Gasteiger partial charge in [0, 0.05) is 0 Å². The Labute approximate surface area is 131 Å². The quantitative estimate of drug-likeness (QED) is 0.881. The normalized spacial score (nSPS) is 15.7. The van der Waals surface area contributed by atoms with Crippen molar-refractivity contribution in [3.8, 4) is 0 Å². The number of ether oxygens (including phenoxy) is 1. The first-order chi connectivity index (χ1) is 10.8. The lowest BCUT2D eigenvalue weighted by atomic mass is 9.91. The van der Waals surface area contributed by atoms with E-state index in [4.69, 9.17) is 4.74 Å². The Morgan fingerprint density at radius 2 is 1.41 bits per heavy atom. The van der Waals surface area contributed by atoms with E-state index in [2.05, 4.69) is 5.32 Å². The predicted octanol–water partition coefficient (Wildman–Crippen LogP) is 3.11. The molecule has 0 radical (unpaired) electrons. The van der Waals surface area contributed by atoms with Gasteiger partial charge in [-0.15, -0.1) is 0 Å². The van der Waals surface area contributed by atoms with Crippen molar-refractivity contribution < 1.29 is 9.53 Å². The molecular weight excluding hydrogens is 274 g/mol. The summed E-state index contributed by atoms with van der Waals surface area (Å²) >= 11 is 0. The minimum atomic E-state index is -0.350. The molecule has 1 N–H and O–H groups in total. The van der Waals surface area contributed by atoms with Gasteiger partial charge in [0.1, 0.15) is 12.0 Å². The average molecular weight is 295 g/mol. The van der Waals surface area contributed by atoms with Crippen molar-refractivity contribution in [1.82, 2.24) is 5.32 Å². The number of benzene rings is 2. The van der Waals surface area contributed by atoms with Crippen LogP contribution in [0, 0.1) is 0 Å². The number of piperidine rings is 1. The van der Waals surface area contributed by atoms with Crippen LogP contribution >= 0.6 is 0 Å². The molecule has 0 aromatic heterocycles. The van der Waals surface area contributed by atoms with Crippen LogP contribution in [0.25, 0.3) is 0 Å². The number of nitrogens with one attached hydrogen (secondary N) is 1. The number of rotatable bonds is 4. The molecule has 0 saturated carbocycles. The van der Waals surface area contributed by atoms with Crippen molar-refractivity contribution in [2.24, 2.45) is 0 Å². The second kappa shape index (κ2) is 7.23. The first-order valence-corrected chi connectivity index (χ1v) is 7.85. The molecule has 114 valence electrons. The van der Waals surface area contributed by atoms with E-state index in [1.807, 2.05) is 60.7 Å². The third kappa shape index (κ3) is 3.55. The molecule has 1 aliphatic heterocycles. The average Bonchev–Trinajstić information content (AvgIpc) is 2.58. The standard InChI is InChI=1S/C19H21NO2/c21-19(22-17-11-13-20-14-12-17)18(15-7-3-1-4-8-15)16-9-5-2-6-10-16/h1-10,17-18,20H,11-14H2. The van der Waals surface area contributed by atoms with Crippen molar-refractivity contribution in [1.29, 1.82) is 0 Å². The van der Waals surface area contributed by atoms with E-state index < -0.39 is 0 Å². The third-order valence-electron chi connectivity index (χ3n) is 4.07. The number of carbonyl (C=O) groups excluding carboxylic acids is 1. The molecule has 0 bridgehead atoms. The summed E-state index contributed by atoms with van der Waals surface area (Å²) in [5, 5.41) is 3.29. The van der Waals surface area contributed by atoms with Crippen LogP contribution < -0.4 is 5.32 Å². The highest BCUT2D eigenvalue weighted by Gasteiger charge is 2.27. The largest absolute Gasteiger partial charge is 0.462 e. The Morgan fingerprint density at radius 3 is 1.91 bits per heavy atom. The summed E-state index contributed by atoms with van der Waals surface area (Å²) < 4.78 is 5.78. The van der Waals surface area contributed by atoms with Crippen molar-refractivity contribution in [2.45, 2.75) is 24.9 Å². The molecule has 1 fully saturated rings. The van der Waals surface area contributed by atoms with Crippen LogP contribution in [0.3, 0.4) is 0 Å². The van der Waals surface area contributed by atoms with Gasteiger partial charge in [-0.05, 0) is 37.1 Å². The Hall–Kier alpha value is -2.13. The van der Waals surface area contributed by atoms with E-state index in [-0.39, 0.29) is 18.0 Å². The van der Waals surface area contributed by atoms with Gasteiger partial charge in [-0.2, -0.15) is 0 Å². The maximum atomic E-state index is 12.8. The molecule has 1 aliphatic rings. The van der Waals surface area contributed by atoms with Crippen LogP contribution in [0.2, 0.25) is 0 Å². The van der Waals surface area contributed by atoms with Crippen LogP contribution in [0.4, 0.5) is 0 Å². The number of carbonyl (C=O) groups is 1. The summed E-state index contributed by atoms with van der Waals surface area (Å²) in [4.78, 5) is 12.8. The summed E-state index contributed by atoms with van der Waals surface area (Å²) in [6.07, 6.45) is 1.81. The van der Waals surface area contributed by atoms with Crippen molar-refractivity contribution in [2.75, 3.05) is 13.1 Å². The molecule has 3 heteroatoms. The molecule has 1 heterocycles. The van der Waals surface area contributed by atoms with Crippen LogP contribution in [-0.4, -0.2) is 25.2 Å². The van der Waals surface area contributed by atoms with E-state index in [1.54, 1.807) is 0 Å². The maximum Gasteiger partial charge on any atom is 0.318 e. The minimum Gasteiger partial charge on any atom is -0.462 e. The van der Waals surface area contributed by atoms with E-state index in [9.17, 15) is 4.79 Å². The number of hydrogen-bond donors (Lipinski definition) is 1. The van der Waals surface area contributed by atoms with Crippen molar-refractivity contribution >= 4 is 5.97 Å². The highest BCUT2D eigenvalue weighted by molar-refractivity contribution is 5.82. The molecule has 0 amide bonds. The Balaban J connectivity index is 1.83. The molecule has 2 aromatic rings. The van der Waals surface area contributed by atoms with Gasteiger partial charge in [0.2, 0.25) is 0 Å². The summed E-state index contributed by atoms with van der Waals surface area (Å²) in [6, 6.07) is 19.7. The smallest absolute Gasteiger partial charge is 0.318 e. The summed E-state index contributed by atoms with van der Waals surface area (Å²) in [5.74, 6) is -0.499. The molecule has 0 spiro atoms. The zero-order valence-electron chi connectivity index (χ0n) is 12.6. The first kappa shape index (κ1) is 14.8. The molecule has 2 aromatic carbocycles. The molecule has 3 nitrogen and oxygen atoms in total. The van der Waals surface area contributed by atoms with Gasteiger partial charge in [0.25, 0.3) is 0 Å². The zero-order valence-corrected chi connectivity index (χ0v) is 12.6. The van der Waals surface area contributed by atoms with Gasteiger partial charge in [0.05, 0.1) is 0 Å². The fourth-order valence-corrected chi connectivity index (χ4v) is 2.90. The lowest BCUT2D eigenvalue weighted by Gasteiger charge is -2.25. The Bertz CT molecular complexity index is 552. The van der Waals surface area contributed by atoms with E-state index in [0.29, 0.717) is 0 Å². The summed E-state index contributed by atoms with van der Waals surface area (Å²) in [7, 11) is 0. The van der Waals surface area contributed by atoms with Gasteiger partial charge in [-0.25, -0.2) is 0 Å². The fraction of sp³-hybridized carbons (Fsp3) is 0.316. The van der Waals surface area contributed by atoms with E-state index in [1.165, 1.54) is 0 Å². The lowest BCUT2D eigenvalue weighted by Crippen LogP contribution is -2.35. The Kier molecular flexibility index (Phi) is 4.86. The molecule has 22 heavy (non-hydrogen) atoms. The van der Waals surface area contributed by atoms with Crippen LogP contribution in [0.5, 0.6) is 0 Å². The topological polar surface area (TPSA) is 38.3 Å². The molecule has 3 rings (SSSR count). The second-order valence-corrected chi connectivity index (χ2v) is 5.64. The van der Waals surface area contributed by atoms with Crippen molar-refractivity contribution in [3.63, 3.8) is 0 Å². The summed E-state index contributed by atoms with van der Waals surface area (Å²) in [6.45, 7) is 1.83. The highest BCUT2D eigenvalue weighted by atomic mass is 16.5. The maximum absolute atomic E-state index is 12.8. The van der Waals surface area contributed by atoms with E-state index in [0.717, 1.165) is 37.1 Å². The van der Waals surface area contributed by atoms with Crippen LogP contribution in [0.15, 0.2) is 60.7 Å². The van der Waals surface area contributed by atoms with Gasteiger partial charge >= 0.3 is 5.97 Å². The predicted molar refractivity (Wildman–Crippen MR) is 86.7 cm³/mol. The molecule has 0 unspecified atom stereocenters. The van der Waals surface area contributed by atoms with Gasteiger partial charge in [0.15, 0.2) is 0 Å². The highest BCUT2D eigenvalue weighted by Crippen LogP contribution is 2.27.